The molecule has 5 heteroatoms. The van der Waals surface area contributed by atoms with Gasteiger partial charge in [0.1, 0.15) is 5.82 Å². The molecular formula is C29H45N5. The van der Waals surface area contributed by atoms with Crippen LogP contribution >= 0.6 is 0 Å². The maximum atomic E-state index is 4.54. The number of benzene rings is 1. The monoisotopic (exact) mass is 463 g/mol. The van der Waals surface area contributed by atoms with Crippen LogP contribution in [0.15, 0.2) is 47.9 Å². The van der Waals surface area contributed by atoms with Crippen LogP contribution in [0.25, 0.3) is 5.70 Å². The van der Waals surface area contributed by atoms with Crippen molar-refractivity contribution >= 4 is 11.4 Å². The standard InChI is InChI=1S/C29H45N5/c1-9-10-25(6)32-13-11-31(12-14-32)21-28-20-29(24(5)19-23(28)4)26(7)33-15-17-34(18-16-33)27(8)30-22(2)3/h10,19-20H,7-9,11-18,21H2,1-6H3/b25-10+. The average molecular weight is 464 g/mol. The van der Waals surface area contributed by atoms with E-state index < -0.39 is 0 Å². The van der Waals surface area contributed by atoms with Crippen LogP contribution in [0.5, 0.6) is 0 Å². The van der Waals surface area contributed by atoms with Gasteiger partial charge in [0.2, 0.25) is 0 Å². The number of piperazine rings is 2. The Bertz CT molecular complexity index is 938. The van der Waals surface area contributed by atoms with Crippen molar-refractivity contribution in [3.8, 4) is 0 Å². The van der Waals surface area contributed by atoms with Gasteiger partial charge in [-0.3, -0.25) is 4.90 Å². The predicted octanol–water partition coefficient (Wildman–Crippen LogP) is 5.28. The second-order valence-corrected chi connectivity index (χ2v) is 10.0. The smallest absolute Gasteiger partial charge is 0.121 e. The molecule has 2 heterocycles. The van der Waals surface area contributed by atoms with Crippen molar-refractivity contribution in [3.05, 3.63) is 65.1 Å². The summed E-state index contributed by atoms with van der Waals surface area (Å²) in [6.07, 6.45) is 3.45. The topological polar surface area (TPSA) is 25.3 Å². The van der Waals surface area contributed by atoms with E-state index in [1.54, 1.807) is 0 Å². The van der Waals surface area contributed by atoms with E-state index in [0.717, 1.165) is 82.6 Å². The van der Waals surface area contributed by atoms with E-state index in [2.05, 4.69) is 83.7 Å². The van der Waals surface area contributed by atoms with Gasteiger partial charge in [-0.2, -0.15) is 0 Å². The molecule has 1 aromatic carbocycles. The van der Waals surface area contributed by atoms with Gasteiger partial charge in [0.05, 0.1) is 0 Å². The minimum Gasteiger partial charge on any atom is -0.373 e. The molecule has 2 saturated heterocycles. The molecule has 186 valence electrons. The summed E-state index contributed by atoms with van der Waals surface area (Å²) in [5.74, 6) is 0.875. The van der Waals surface area contributed by atoms with Crippen LogP contribution in [0.4, 0.5) is 0 Å². The first-order valence-electron chi connectivity index (χ1n) is 12.8. The third-order valence-electron chi connectivity index (χ3n) is 7.14. The van der Waals surface area contributed by atoms with Gasteiger partial charge in [0, 0.05) is 81.6 Å². The molecule has 0 saturated carbocycles. The lowest BCUT2D eigenvalue weighted by atomic mass is 9.97. The Hall–Kier alpha value is -2.53. The van der Waals surface area contributed by atoms with Crippen LogP contribution in [0.3, 0.4) is 0 Å². The Morgan fingerprint density at radius 1 is 0.853 bits per heavy atom. The van der Waals surface area contributed by atoms with Gasteiger partial charge in [-0.25, -0.2) is 4.99 Å². The van der Waals surface area contributed by atoms with Gasteiger partial charge < -0.3 is 14.7 Å². The van der Waals surface area contributed by atoms with Gasteiger partial charge in [-0.1, -0.05) is 32.2 Å². The Labute approximate surface area is 208 Å². The summed E-state index contributed by atoms with van der Waals surface area (Å²) >= 11 is 0. The Morgan fingerprint density at radius 3 is 2.03 bits per heavy atom. The quantitative estimate of drug-likeness (QED) is 0.490. The zero-order valence-electron chi connectivity index (χ0n) is 22.5. The van der Waals surface area contributed by atoms with Crippen LogP contribution in [0.2, 0.25) is 0 Å². The highest BCUT2D eigenvalue weighted by atomic mass is 15.3. The largest absolute Gasteiger partial charge is 0.373 e. The number of aliphatic imine (C=N–C) groups is 1. The highest BCUT2D eigenvalue weighted by Crippen LogP contribution is 2.27. The minimum atomic E-state index is 0.875. The van der Waals surface area contributed by atoms with E-state index >= 15 is 0 Å². The third kappa shape index (κ3) is 6.53. The van der Waals surface area contributed by atoms with Crippen molar-refractivity contribution in [2.45, 2.75) is 54.5 Å². The van der Waals surface area contributed by atoms with Gasteiger partial charge in [-0.15, -0.1) is 0 Å². The zero-order valence-corrected chi connectivity index (χ0v) is 22.5. The Morgan fingerprint density at radius 2 is 1.44 bits per heavy atom. The fraction of sp³-hybridized carbons (Fsp3) is 0.552. The molecule has 0 unspecified atom stereocenters. The lowest BCUT2D eigenvalue weighted by Gasteiger charge is -2.38. The first-order valence-corrected chi connectivity index (χ1v) is 12.8. The van der Waals surface area contributed by atoms with Gasteiger partial charge in [0.15, 0.2) is 0 Å². The van der Waals surface area contributed by atoms with Crippen LogP contribution in [-0.2, 0) is 6.54 Å². The van der Waals surface area contributed by atoms with E-state index in [0.29, 0.717) is 0 Å². The number of allylic oxidation sites excluding steroid dienone is 2. The number of nitrogens with zero attached hydrogens (tertiary/aromatic N) is 5. The number of hydrogen-bond donors (Lipinski definition) is 0. The van der Waals surface area contributed by atoms with E-state index in [4.69, 9.17) is 0 Å². The molecule has 1 aromatic rings. The number of hydrogen-bond acceptors (Lipinski definition) is 5. The van der Waals surface area contributed by atoms with E-state index in [-0.39, 0.29) is 0 Å². The lowest BCUT2D eigenvalue weighted by molar-refractivity contribution is 0.152. The highest BCUT2D eigenvalue weighted by Gasteiger charge is 2.22. The predicted molar refractivity (Wildman–Crippen MR) is 147 cm³/mol. The summed E-state index contributed by atoms with van der Waals surface area (Å²) in [7, 11) is 0. The van der Waals surface area contributed by atoms with Crippen molar-refractivity contribution in [1.29, 1.82) is 0 Å². The first-order chi connectivity index (χ1) is 16.2. The third-order valence-corrected chi connectivity index (χ3v) is 7.14. The number of rotatable bonds is 8. The molecule has 34 heavy (non-hydrogen) atoms. The fourth-order valence-electron chi connectivity index (χ4n) is 5.04. The summed E-state index contributed by atoms with van der Waals surface area (Å²) in [4.78, 5) is 14.4. The molecule has 3 rings (SSSR count). The second-order valence-electron chi connectivity index (χ2n) is 10.0. The molecule has 0 radical (unpaired) electrons. The molecule has 0 aliphatic carbocycles. The van der Waals surface area contributed by atoms with E-state index in [1.807, 2.05) is 13.8 Å². The lowest BCUT2D eigenvalue weighted by Crippen LogP contribution is -2.45. The van der Waals surface area contributed by atoms with Crippen molar-refractivity contribution in [1.82, 2.24) is 19.6 Å². The van der Waals surface area contributed by atoms with Crippen molar-refractivity contribution < 1.29 is 0 Å². The SMILES string of the molecule is C=C(N=C(C)C)N1CCN(C(=C)c2cc(CN3CCN(/C(C)=C/CC)CC3)c(C)cc2C)CC1. The van der Waals surface area contributed by atoms with Gasteiger partial charge in [-0.05, 0) is 63.8 Å². The second kappa shape index (κ2) is 11.7. The molecule has 2 aliphatic heterocycles. The molecular weight excluding hydrogens is 418 g/mol. The van der Waals surface area contributed by atoms with Crippen LogP contribution in [0, 0.1) is 13.8 Å². The van der Waals surface area contributed by atoms with Crippen molar-refractivity contribution in [2.24, 2.45) is 4.99 Å². The molecule has 0 spiro atoms. The van der Waals surface area contributed by atoms with Crippen molar-refractivity contribution in [2.75, 3.05) is 52.4 Å². The van der Waals surface area contributed by atoms with Gasteiger partial charge in [0.25, 0.3) is 0 Å². The molecule has 0 bridgehead atoms. The highest BCUT2D eigenvalue weighted by molar-refractivity contribution is 5.80. The first kappa shape index (κ1) is 26.1. The summed E-state index contributed by atoms with van der Waals surface area (Å²) in [6.45, 7) is 30.9. The van der Waals surface area contributed by atoms with Crippen LogP contribution in [-0.4, -0.2) is 77.7 Å². The number of aryl methyl sites for hydroxylation is 2. The molecule has 5 nitrogen and oxygen atoms in total. The Balaban J connectivity index is 1.63. The maximum Gasteiger partial charge on any atom is 0.121 e. The molecule has 2 fully saturated rings. The minimum absolute atomic E-state index is 0.875. The van der Waals surface area contributed by atoms with Crippen molar-refractivity contribution in [3.63, 3.8) is 0 Å². The Kier molecular flexibility index (Phi) is 9.01. The normalized spacial score (nSPS) is 17.7. The summed E-state index contributed by atoms with van der Waals surface area (Å²) < 4.78 is 0. The maximum absolute atomic E-state index is 4.54. The zero-order chi connectivity index (χ0) is 24.8. The summed E-state index contributed by atoms with van der Waals surface area (Å²) in [5.41, 5.74) is 9.03. The van der Waals surface area contributed by atoms with E-state index in [1.165, 1.54) is 28.0 Å². The molecule has 0 amide bonds. The van der Waals surface area contributed by atoms with E-state index in [9.17, 15) is 0 Å². The fourth-order valence-corrected chi connectivity index (χ4v) is 5.04. The van der Waals surface area contributed by atoms with Crippen LogP contribution < -0.4 is 0 Å². The molecule has 0 aromatic heterocycles. The summed E-state index contributed by atoms with van der Waals surface area (Å²) in [6, 6.07) is 4.74. The molecule has 0 atom stereocenters. The van der Waals surface area contributed by atoms with Gasteiger partial charge >= 0.3 is 0 Å². The molecule has 2 aliphatic rings. The summed E-state index contributed by atoms with van der Waals surface area (Å²) in [5, 5.41) is 0. The van der Waals surface area contributed by atoms with Crippen LogP contribution in [0.1, 0.15) is 56.4 Å². The average Bonchev–Trinajstić information content (AvgIpc) is 2.80. The molecule has 0 N–H and O–H groups in total.